The van der Waals surface area contributed by atoms with Gasteiger partial charge in [0, 0.05) is 20.2 Å². The Labute approximate surface area is 201 Å². The predicted octanol–water partition coefficient (Wildman–Crippen LogP) is 4.21. The summed E-state index contributed by atoms with van der Waals surface area (Å²) in [6.45, 7) is 0.468. The molecule has 0 spiro atoms. The lowest BCUT2D eigenvalue weighted by atomic mass is 10.1. The molecule has 0 amide bonds. The van der Waals surface area contributed by atoms with Crippen LogP contribution in [0.4, 0.5) is 14.5 Å². The summed E-state index contributed by atoms with van der Waals surface area (Å²) in [6, 6.07) is 7.23. The minimum Gasteiger partial charge on any atom is -0.451 e. The second-order valence-electron chi connectivity index (χ2n) is 6.03. The molecule has 0 fully saturated rings. The standard InChI is InChI=1S/C17H11BrF2INO9S/c1-8(17(19,20)32(27,28)29)30-16(24)12-7-10(3-5-14(12)22(25)26)31-15(23)11-6-9(21)2-4-13(11)18/h2-8H,1H3,(H,27,28,29). The number of nitro benzene ring substituents is 1. The van der Waals surface area contributed by atoms with Crippen LogP contribution >= 0.6 is 38.5 Å². The van der Waals surface area contributed by atoms with Gasteiger partial charge in [-0.05, 0) is 69.7 Å². The quantitative estimate of drug-likeness (QED) is 0.116. The summed E-state index contributed by atoms with van der Waals surface area (Å²) in [5, 5.41) is 6.33. The first-order chi connectivity index (χ1) is 14.6. The third-order valence-electron chi connectivity index (χ3n) is 3.84. The average molecular weight is 650 g/mol. The topological polar surface area (TPSA) is 150 Å². The van der Waals surface area contributed by atoms with Crippen molar-refractivity contribution in [3.05, 3.63) is 65.7 Å². The van der Waals surface area contributed by atoms with Crippen molar-refractivity contribution in [2.45, 2.75) is 18.3 Å². The predicted molar refractivity (Wildman–Crippen MR) is 116 cm³/mol. The highest BCUT2D eigenvalue weighted by atomic mass is 127. The van der Waals surface area contributed by atoms with Gasteiger partial charge in [0.2, 0.25) is 0 Å². The maximum absolute atomic E-state index is 13.6. The lowest BCUT2D eigenvalue weighted by Crippen LogP contribution is -2.42. The number of hydrogen-bond acceptors (Lipinski definition) is 8. The number of hydrogen-bond donors (Lipinski definition) is 1. The molecule has 0 aliphatic heterocycles. The summed E-state index contributed by atoms with van der Waals surface area (Å²) < 4.78 is 68.0. The van der Waals surface area contributed by atoms with Gasteiger partial charge in [-0.3, -0.25) is 14.7 Å². The summed E-state index contributed by atoms with van der Waals surface area (Å²) >= 11 is 5.11. The fraction of sp³-hybridized carbons (Fsp3) is 0.176. The Bertz CT molecular complexity index is 1210. The van der Waals surface area contributed by atoms with Crippen LogP contribution in [-0.4, -0.2) is 41.2 Å². The Hall–Kier alpha value is -2.24. The maximum atomic E-state index is 13.6. The second kappa shape index (κ2) is 9.72. The highest BCUT2D eigenvalue weighted by molar-refractivity contribution is 14.1. The number of alkyl halides is 2. The van der Waals surface area contributed by atoms with E-state index in [0.717, 1.165) is 12.1 Å². The van der Waals surface area contributed by atoms with Gasteiger partial charge in [-0.1, -0.05) is 0 Å². The van der Waals surface area contributed by atoms with Crippen LogP contribution in [0, 0.1) is 13.7 Å². The molecular weight excluding hydrogens is 639 g/mol. The number of ether oxygens (including phenoxy) is 2. The molecule has 0 saturated heterocycles. The maximum Gasteiger partial charge on any atom is 0.405 e. The number of rotatable bonds is 7. The molecule has 0 aliphatic carbocycles. The lowest BCUT2D eigenvalue weighted by molar-refractivity contribution is -0.385. The number of halogens is 4. The van der Waals surface area contributed by atoms with Gasteiger partial charge in [-0.15, -0.1) is 0 Å². The molecule has 15 heteroatoms. The Kier molecular flexibility index (Phi) is 7.90. The van der Waals surface area contributed by atoms with Crippen LogP contribution in [0.25, 0.3) is 0 Å². The van der Waals surface area contributed by atoms with E-state index in [0.29, 0.717) is 21.0 Å². The molecule has 10 nitrogen and oxygen atoms in total. The van der Waals surface area contributed by atoms with E-state index in [-0.39, 0.29) is 11.3 Å². The number of carbonyl (C=O) groups is 2. The van der Waals surface area contributed by atoms with Crippen molar-refractivity contribution in [2.24, 2.45) is 0 Å². The summed E-state index contributed by atoms with van der Waals surface area (Å²) in [4.78, 5) is 34.9. The van der Waals surface area contributed by atoms with E-state index in [1.54, 1.807) is 12.1 Å². The van der Waals surface area contributed by atoms with E-state index in [4.69, 9.17) is 9.29 Å². The number of nitro groups is 1. The molecule has 1 atom stereocenters. The third-order valence-corrected chi connectivity index (χ3v) is 6.23. The van der Waals surface area contributed by atoms with Gasteiger partial charge in [0.25, 0.3) is 5.69 Å². The SMILES string of the molecule is CC(OC(=O)c1cc(OC(=O)c2cc(I)ccc2Br)ccc1[N+](=O)[O-])C(F)(F)S(=O)(=O)O. The van der Waals surface area contributed by atoms with Crippen LogP contribution in [0.3, 0.4) is 0 Å². The molecule has 32 heavy (non-hydrogen) atoms. The lowest BCUT2D eigenvalue weighted by Gasteiger charge is -2.20. The smallest absolute Gasteiger partial charge is 0.405 e. The Morgan fingerprint density at radius 1 is 1.19 bits per heavy atom. The van der Waals surface area contributed by atoms with Crippen LogP contribution in [-0.2, 0) is 14.9 Å². The second-order valence-corrected chi connectivity index (χ2v) is 9.63. The number of esters is 2. The molecule has 2 rings (SSSR count). The van der Waals surface area contributed by atoms with Gasteiger partial charge in [0.15, 0.2) is 6.10 Å². The molecule has 0 radical (unpaired) electrons. The molecule has 1 unspecified atom stereocenters. The zero-order valence-electron chi connectivity index (χ0n) is 15.6. The number of benzene rings is 2. The van der Waals surface area contributed by atoms with E-state index in [1.165, 1.54) is 6.07 Å². The van der Waals surface area contributed by atoms with Crippen LogP contribution in [0.2, 0.25) is 0 Å². The molecule has 1 N–H and O–H groups in total. The fourth-order valence-electron chi connectivity index (χ4n) is 2.22. The highest BCUT2D eigenvalue weighted by Crippen LogP contribution is 2.31. The van der Waals surface area contributed by atoms with Crippen molar-refractivity contribution in [3.8, 4) is 5.75 Å². The fourth-order valence-corrected chi connectivity index (χ4v) is 3.59. The summed E-state index contributed by atoms with van der Waals surface area (Å²) in [5.74, 6) is -2.96. The van der Waals surface area contributed by atoms with Crippen LogP contribution in [0.1, 0.15) is 27.6 Å². The molecule has 2 aromatic rings. The monoisotopic (exact) mass is 649 g/mol. The largest absolute Gasteiger partial charge is 0.451 e. The summed E-state index contributed by atoms with van der Waals surface area (Å²) in [5.41, 5.74) is -1.67. The first-order valence-corrected chi connectivity index (χ1v) is 11.5. The Morgan fingerprint density at radius 2 is 1.81 bits per heavy atom. The molecule has 0 heterocycles. The van der Waals surface area contributed by atoms with Gasteiger partial charge in [0.1, 0.15) is 11.3 Å². The van der Waals surface area contributed by atoms with Crippen LogP contribution in [0.5, 0.6) is 5.75 Å². The normalized spacial score (nSPS) is 12.7. The van der Waals surface area contributed by atoms with Crippen molar-refractivity contribution in [1.82, 2.24) is 0 Å². The molecule has 0 aliphatic rings. The minimum absolute atomic E-state index is 0.0980. The van der Waals surface area contributed by atoms with Gasteiger partial charge in [-0.2, -0.15) is 17.2 Å². The molecule has 0 aromatic heterocycles. The van der Waals surface area contributed by atoms with Crippen molar-refractivity contribution >= 4 is 66.3 Å². The minimum atomic E-state index is -5.94. The third kappa shape index (κ3) is 5.76. The number of carbonyl (C=O) groups excluding carboxylic acids is 2. The first kappa shape index (κ1) is 26.0. The zero-order valence-corrected chi connectivity index (χ0v) is 20.2. The molecule has 0 bridgehead atoms. The first-order valence-electron chi connectivity index (χ1n) is 8.16. The van der Waals surface area contributed by atoms with E-state index >= 15 is 0 Å². The molecule has 0 saturated carbocycles. The van der Waals surface area contributed by atoms with Crippen molar-refractivity contribution in [3.63, 3.8) is 0 Å². The molecule has 172 valence electrons. The van der Waals surface area contributed by atoms with Gasteiger partial charge >= 0.3 is 27.3 Å². The van der Waals surface area contributed by atoms with Gasteiger partial charge < -0.3 is 9.47 Å². The van der Waals surface area contributed by atoms with Crippen molar-refractivity contribution in [2.75, 3.05) is 0 Å². The molecule has 2 aromatic carbocycles. The van der Waals surface area contributed by atoms with Crippen molar-refractivity contribution in [1.29, 1.82) is 0 Å². The van der Waals surface area contributed by atoms with Crippen molar-refractivity contribution < 1.29 is 45.7 Å². The van der Waals surface area contributed by atoms with E-state index in [2.05, 4.69) is 20.7 Å². The summed E-state index contributed by atoms with van der Waals surface area (Å²) in [7, 11) is -5.94. The van der Waals surface area contributed by atoms with Crippen LogP contribution < -0.4 is 4.74 Å². The average Bonchev–Trinajstić information content (AvgIpc) is 2.68. The van der Waals surface area contributed by atoms with E-state index < -0.39 is 49.6 Å². The molecular formula is C17H11BrF2INO9S. The van der Waals surface area contributed by atoms with E-state index in [9.17, 15) is 36.9 Å². The van der Waals surface area contributed by atoms with Gasteiger partial charge in [0.05, 0.1) is 10.5 Å². The Morgan fingerprint density at radius 3 is 2.38 bits per heavy atom. The van der Waals surface area contributed by atoms with E-state index in [1.807, 2.05) is 22.6 Å². The summed E-state index contributed by atoms with van der Waals surface area (Å²) in [6.07, 6.45) is -2.70. The highest BCUT2D eigenvalue weighted by Gasteiger charge is 2.52. The zero-order chi connectivity index (χ0) is 24.4. The van der Waals surface area contributed by atoms with Gasteiger partial charge in [-0.25, -0.2) is 9.59 Å². The van der Waals surface area contributed by atoms with Crippen LogP contribution in [0.15, 0.2) is 40.9 Å². The Balaban J connectivity index is 2.37. The number of nitrogens with zero attached hydrogens (tertiary/aromatic N) is 1.